The number of methoxy groups -OCH3 is 2. The van der Waals surface area contributed by atoms with Crippen LogP contribution >= 0.6 is 0 Å². The summed E-state index contributed by atoms with van der Waals surface area (Å²) in [4.78, 5) is 11.6. The molecule has 1 aliphatic carbocycles. The van der Waals surface area contributed by atoms with E-state index in [1.165, 1.54) is 0 Å². The summed E-state index contributed by atoms with van der Waals surface area (Å²) in [6.45, 7) is 1.87. The lowest BCUT2D eigenvalue weighted by molar-refractivity contribution is 0.0696. The number of ether oxygens (including phenoxy) is 2. The van der Waals surface area contributed by atoms with Crippen LogP contribution in [0.5, 0.6) is 11.5 Å². The van der Waals surface area contributed by atoms with Crippen molar-refractivity contribution in [3.8, 4) is 11.5 Å². The Morgan fingerprint density at radius 2 is 1.96 bits per heavy atom. The highest BCUT2D eigenvalue weighted by atomic mass is 16.5. The zero-order chi connectivity index (χ0) is 19.1. The molecule has 0 saturated carbocycles. The number of hydrogen-bond donors (Lipinski definition) is 2. The molecule has 0 amide bonds. The van der Waals surface area contributed by atoms with Crippen molar-refractivity contribution in [3.63, 3.8) is 0 Å². The molecule has 2 aromatic rings. The monoisotopic (exact) mass is 365 g/mol. The van der Waals surface area contributed by atoms with Crippen LogP contribution in [-0.4, -0.2) is 25.3 Å². The van der Waals surface area contributed by atoms with E-state index in [4.69, 9.17) is 9.47 Å². The fourth-order valence-electron chi connectivity index (χ4n) is 4.51. The Morgan fingerprint density at radius 3 is 2.67 bits per heavy atom. The number of carbonyl (C=O) groups is 1. The van der Waals surface area contributed by atoms with Crippen molar-refractivity contribution < 1.29 is 19.4 Å². The molecule has 2 N–H and O–H groups in total. The third kappa shape index (κ3) is 2.65. The van der Waals surface area contributed by atoms with Gasteiger partial charge in [-0.3, -0.25) is 0 Å². The van der Waals surface area contributed by atoms with Gasteiger partial charge >= 0.3 is 5.97 Å². The summed E-state index contributed by atoms with van der Waals surface area (Å²) in [7, 11) is 3.28. The number of benzene rings is 2. The van der Waals surface area contributed by atoms with Crippen LogP contribution in [0.1, 0.15) is 45.4 Å². The van der Waals surface area contributed by atoms with E-state index in [0.29, 0.717) is 17.2 Å². The predicted molar refractivity (Wildman–Crippen MR) is 104 cm³/mol. The van der Waals surface area contributed by atoms with Crippen LogP contribution in [-0.2, 0) is 0 Å². The van der Waals surface area contributed by atoms with Crippen molar-refractivity contribution >= 4 is 11.7 Å². The zero-order valence-electron chi connectivity index (χ0n) is 15.7. The van der Waals surface area contributed by atoms with Crippen molar-refractivity contribution in [2.45, 2.75) is 25.3 Å². The standard InChI is InChI=1S/C22H23NO4/c1-12-13(22(24)25)10-11-16-14-6-4-7-15(14)20(23-19(12)16)17-8-5-9-18(26-2)21(17)27-3/h4-6,8-11,14-15,20,23H,7H2,1-3H3,(H,24,25)/t14-,15+,20-/m1/s1. The molecule has 0 unspecified atom stereocenters. The topological polar surface area (TPSA) is 67.8 Å². The maximum absolute atomic E-state index is 11.6. The summed E-state index contributed by atoms with van der Waals surface area (Å²) >= 11 is 0. The van der Waals surface area contributed by atoms with E-state index in [-0.39, 0.29) is 12.0 Å². The van der Waals surface area contributed by atoms with E-state index < -0.39 is 5.97 Å². The van der Waals surface area contributed by atoms with Gasteiger partial charge in [-0.1, -0.05) is 30.4 Å². The molecule has 1 heterocycles. The van der Waals surface area contributed by atoms with Gasteiger partial charge in [-0.2, -0.15) is 0 Å². The number of para-hydroxylation sites is 1. The molecule has 27 heavy (non-hydrogen) atoms. The van der Waals surface area contributed by atoms with E-state index in [1.807, 2.05) is 25.1 Å². The van der Waals surface area contributed by atoms with Crippen molar-refractivity contribution in [2.24, 2.45) is 5.92 Å². The lowest BCUT2D eigenvalue weighted by Crippen LogP contribution is -2.30. The summed E-state index contributed by atoms with van der Waals surface area (Å²) in [5, 5.41) is 13.1. The van der Waals surface area contributed by atoms with Gasteiger partial charge in [0.15, 0.2) is 11.5 Å². The quantitative estimate of drug-likeness (QED) is 0.779. The lowest BCUT2D eigenvalue weighted by Gasteiger charge is -2.39. The Morgan fingerprint density at radius 1 is 1.15 bits per heavy atom. The minimum absolute atomic E-state index is 0.00490. The van der Waals surface area contributed by atoms with Gasteiger partial charge in [0.25, 0.3) is 0 Å². The first-order valence-corrected chi connectivity index (χ1v) is 9.07. The average Bonchev–Trinajstić information content (AvgIpc) is 3.16. The molecule has 5 heteroatoms. The second-order valence-corrected chi connectivity index (χ2v) is 7.07. The third-order valence-electron chi connectivity index (χ3n) is 5.80. The number of anilines is 1. The molecule has 0 bridgehead atoms. The Labute approximate surface area is 158 Å². The molecule has 0 fully saturated rings. The van der Waals surface area contributed by atoms with Gasteiger partial charge in [0, 0.05) is 17.2 Å². The minimum atomic E-state index is -0.906. The first-order valence-electron chi connectivity index (χ1n) is 9.07. The van der Waals surface area contributed by atoms with Crippen LogP contribution < -0.4 is 14.8 Å². The van der Waals surface area contributed by atoms with Crippen molar-refractivity contribution in [1.29, 1.82) is 0 Å². The summed E-state index contributed by atoms with van der Waals surface area (Å²) in [6.07, 6.45) is 5.41. The molecule has 0 spiro atoms. The SMILES string of the molecule is COc1cccc([C@@H]2Nc3c(ccc(C(=O)O)c3C)[C@@H]3C=CC[C@@H]32)c1OC. The van der Waals surface area contributed by atoms with Crippen LogP contribution in [0.4, 0.5) is 5.69 Å². The Balaban J connectivity index is 1.87. The average molecular weight is 365 g/mol. The van der Waals surface area contributed by atoms with Gasteiger partial charge in [0.2, 0.25) is 0 Å². The number of allylic oxidation sites excluding steroid dienone is 2. The molecule has 0 radical (unpaired) electrons. The molecule has 0 saturated heterocycles. The third-order valence-corrected chi connectivity index (χ3v) is 5.80. The predicted octanol–water partition coefficient (Wildman–Crippen LogP) is 4.54. The van der Waals surface area contributed by atoms with Gasteiger partial charge in [0.05, 0.1) is 25.8 Å². The van der Waals surface area contributed by atoms with Gasteiger partial charge in [0.1, 0.15) is 0 Å². The summed E-state index contributed by atoms with van der Waals surface area (Å²) in [5.74, 6) is 1.11. The summed E-state index contributed by atoms with van der Waals surface area (Å²) in [5.41, 5.74) is 4.21. The smallest absolute Gasteiger partial charge is 0.336 e. The largest absolute Gasteiger partial charge is 0.493 e. The number of carboxylic acids is 1. The van der Waals surface area contributed by atoms with E-state index in [2.05, 4.69) is 23.5 Å². The maximum atomic E-state index is 11.6. The van der Waals surface area contributed by atoms with Gasteiger partial charge < -0.3 is 19.9 Å². The summed E-state index contributed by atoms with van der Waals surface area (Å²) < 4.78 is 11.1. The Hall–Kier alpha value is -2.95. The highest BCUT2D eigenvalue weighted by Crippen LogP contribution is 2.53. The van der Waals surface area contributed by atoms with Gasteiger partial charge in [-0.05, 0) is 42.5 Å². The number of rotatable bonds is 4. The van der Waals surface area contributed by atoms with E-state index in [1.54, 1.807) is 20.3 Å². The Kier molecular flexibility index (Phi) is 4.30. The fourth-order valence-corrected chi connectivity index (χ4v) is 4.51. The second kappa shape index (κ2) is 6.65. The minimum Gasteiger partial charge on any atom is -0.493 e. The van der Waals surface area contributed by atoms with Crippen molar-refractivity contribution in [1.82, 2.24) is 0 Å². The van der Waals surface area contributed by atoms with E-state index in [9.17, 15) is 9.90 Å². The molecule has 140 valence electrons. The van der Waals surface area contributed by atoms with Gasteiger partial charge in [-0.15, -0.1) is 0 Å². The molecular formula is C22H23NO4. The lowest BCUT2D eigenvalue weighted by atomic mass is 9.75. The van der Waals surface area contributed by atoms with E-state index >= 15 is 0 Å². The van der Waals surface area contributed by atoms with Crippen LogP contribution in [0.3, 0.4) is 0 Å². The summed E-state index contributed by atoms with van der Waals surface area (Å²) in [6, 6.07) is 9.57. The number of nitrogens with one attached hydrogen (secondary N) is 1. The zero-order valence-corrected chi connectivity index (χ0v) is 15.7. The normalized spacial score (nSPS) is 22.6. The van der Waals surface area contributed by atoms with E-state index in [0.717, 1.165) is 34.5 Å². The van der Waals surface area contributed by atoms with Crippen LogP contribution in [0, 0.1) is 12.8 Å². The Bertz CT molecular complexity index is 934. The van der Waals surface area contributed by atoms with Crippen molar-refractivity contribution in [2.75, 3.05) is 19.5 Å². The highest BCUT2D eigenvalue weighted by Gasteiger charge is 2.40. The van der Waals surface area contributed by atoms with Gasteiger partial charge in [-0.25, -0.2) is 4.79 Å². The molecule has 4 rings (SSSR count). The first-order chi connectivity index (χ1) is 13.1. The number of hydrogen-bond acceptors (Lipinski definition) is 4. The fraction of sp³-hybridized carbons (Fsp3) is 0.318. The molecule has 0 aromatic heterocycles. The van der Waals surface area contributed by atoms with Crippen LogP contribution in [0.15, 0.2) is 42.5 Å². The number of fused-ring (bicyclic) bond motifs is 3. The molecule has 2 aromatic carbocycles. The molecule has 3 atom stereocenters. The highest BCUT2D eigenvalue weighted by molar-refractivity contribution is 5.92. The van der Waals surface area contributed by atoms with Crippen LogP contribution in [0.25, 0.3) is 0 Å². The molecule has 5 nitrogen and oxygen atoms in total. The number of carboxylic acid groups (broad SMARTS) is 1. The molecule has 1 aliphatic heterocycles. The maximum Gasteiger partial charge on any atom is 0.336 e. The van der Waals surface area contributed by atoms with Crippen LogP contribution in [0.2, 0.25) is 0 Å². The molecular weight excluding hydrogens is 342 g/mol. The molecule has 2 aliphatic rings. The first kappa shape index (κ1) is 17.5. The number of aromatic carboxylic acids is 1. The second-order valence-electron chi connectivity index (χ2n) is 7.07. The van der Waals surface area contributed by atoms with Crippen molar-refractivity contribution in [3.05, 3.63) is 64.7 Å².